The van der Waals surface area contributed by atoms with Crippen molar-refractivity contribution in [2.24, 2.45) is 0 Å². The molecule has 248 valence electrons. The lowest BCUT2D eigenvalue weighted by Crippen LogP contribution is -2.04. The summed E-state index contributed by atoms with van der Waals surface area (Å²) in [6.45, 7) is 1.30. The van der Waals surface area contributed by atoms with E-state index in [1.807, 2.05) is 0 Å². The number of aromatic nitrogens is 4. The zero-order valence-electron chi connectivity index (χ0n) is 54.9. The van der Waals surface area contributed by atoms with E-state index >= 15 is 0 Å². The van der Waals surface area contributed by atoms with Crippen LogP contribution in [0.5, 0.6) is 0 Å². The van der Waals surface area contributed by atoms with Crippen molar-refractivity contribution in [2.45, 2.75) is 6.92 Å². The zero-order valence-corrected chi connectivity index (χ0v) is 26.9. The summed E-state index contributed by atoms with van der Waals surface area (Å²) in [6.07, 6.45) is 0. The van der Waals surface area contributed by atoms with Crippen molar-refractivity contribution in [3.63, 3.8) is 0 Å². The number of nitrogens with zero attached hydrogens (tertiary/aromatic N) is 4. The van der Waals surface area contributed by atoms with Gasteiger partial charge in [-0.2, -0.15) is 0 Å². The van der Waals surface area contributed by atoms with Gasteiger partial charge >= 0.3 is 0 Å². The van der Waals surface area contributed by atoms with Gasteiger partial charge in [-0.15, -0.1) is 0 Å². The van der Waals surface area contributed by atoms with E-state index in [-0.39, 0.29) is 5.56 Å². The van der Waals surface area contributed by atoms with Gasteiger partial charge in [0.15, 0.2) is 0 Å². The molecule has 3 heterocycles. The maximum Gasteiger partial charge on any atom is 0.235 e. The normalized spacial score (nSPS) is 19.3. The third-order valence-electron chi connectivity index (χ3n) is 8.62. The molecule has 0 aliphatic carbocycles. The Kier molecular flexibility index (Phi) is 2.86. The van der Waals surface area contributed by atoms with Crippen molar-refractivity contribution >= 4 is 65.3 Å². The molecule has 0 bridgehead atoms. The van der Waals surface area contributed by atoms with Crippen molar-refractivity contribution in [3.8, 4) is 34.0 Å². The van der Waals surface area contributed by atoms with E-state index in [0.29, 0.717) is 0 Å². The number of hydrogen-bond acceptors (Lipinski definition) is 2. The Morgan fingerprint density at radius 2 is 1.04 bits per heavy atom. The Bertz CT molecular complexity index is 4760. The number of rotatable bonds is 4. The van der Waals surface area contributed by atoms with E-state index in [9.17, 15) is 12.3 Å². The summed E-state index contributed by atoms with van der Waals surface area (Å²) >= 11 is 0. The van der Waals surface area contributed by atoms with Gasteiger partial charge in [0.2, 0.25) is 5.95 Å². The third-order valence-corrected chi connectivity index (χ3v) is 8.62. The minimum Gasteiger partial charge on any atom is -0.309 e. The van der Waals surface area contributed by atoms with E-state index in [1.54, 1.807) is 0 Å². The molecular formula is C49H32N4. The number of benzene rings is 8. The van der Waals surface area contributed by atoms with Crippen molar-refractivity contribution in [3.05, 3.63) is 181 Å². The fourth-order valence-corrected chi connectivity index (χ4v) is 6.27. The van der Waals surface area contributed by atoms with Crippen LogP contribution in [0.25, 0.3) is 99.3 Å². The molecule has 8 aromatic carbocycles. The molecule has 3 aromatic heterocycles. The molecule has 0 atom stereocenters. The van der Waals surface area contributed by atoms with Gasteiger partial charge in [0.1, 0.15) is 0 Å². The van der Waals surface area contributed by atoms with Crippen molar-refractivity contribution in [1.82, 2.24) is 19.1 Å². The van der Waals surface area contributed by atoms with Crippen LogP contribution in [-0.2, 0) is 0 Å². The summed E-state index contributed by atoms with van der Waals surface area (Å²) in [4.78, 5) is 9.32. The molecule has 4 heteroatoms. The monoisotopic (exact) mass is 704 g/mol. The molecule has 11 rings (SSSR count). The zero-order chi connectivity index (χ0) is 59.4. The van der Waals surface area contributed by atoms with E-state index in [2.05, 4.69) is 4.98 Å². The molecule has 0 aliphatic heterocycles. The fourth-order valence-electron chi connectivity index (χ4n) is 6.27. The van der Waals surface area contributed by atoms with E-state index in [4.69, 9.17) is 31.0 Å². The van der Waals surface area contributed by atoms with Gasteiger partial charge in [-0.1, -0.05) is 126 Å². The Labute approximate surface area is 345 Å². The molecule has 4 nitrogen and oxygen atoms in total. The van der Waals surface area contributed by atoms with Crippen LogP contribution in [0.1, 0.15) is 43.9 Å². The minimum absolute atomic E-state index is 0.103. The van der Waals surface area contributed by atoms with E-state index < -0.39 is 268 Å². The standard InChI is InChI=1S/C49H32N4/c1-31-18-20-33(21-19-31)35-24-26-41-43(29-35)50-49(51-48(41)36-23-22-32-10-2-3-11-34(32)28-36)53-46-17-9-6-14-40(46)42-30-37(25-27-47(42)53)52-44-15-7-4-12-38(44)39-13-5-8-16-45(39)52/h2-30H,1H3/i2D,3D,4D,5D,6D,7D,8D,9D,10D,11D,12D,13D,14D,15D,16D,17D,18D,19D,20D,21D,22D,24D,25D,26D,27D,28D,29D,30D. The molecule has 0 spiro atoms. The minimum atomic E-state index is -1.01. The van der Waals surface area contributed by atoms with Gasteiger partial charge in [0.25, 0.3) is 0 Å². The molecular weight excluding hydrogens is 645 g/mol. The second-order valence-corrected chi connectivity index (χ2v) is 11.7. The van der Waals surface area contributed by atoms with Crippen LogP contribution in [0.4, 0.5) is 0 Å². The average molecular weight is 705 g/mol. The smallest absolute Gasteiger partial charge is 0.235 e. The van der Waals surface area contributed by atoms with Gasteiger partial charge in [-0.05, 0) is 83.2 Å². The molecule has 0 aliphatic rings. The molecule has 0 unspecified atom stereocenters. The second kappa shape index (κ2) is 11.5. The summed E-state index contributed by atoms with van der Waals surface area (Å²) in [5.74, 6) is -0.844. The predicted molar refractivity (Wildman–Crippen MR) is 221 cm³/mol. The summed E-state index contributed by atoms with van der Waals surface area (Å²) in [5, 5.41) is -3.63. The molecule has 0 saturated carbocycles. The maximum atomic E-state index is 10.0. The first-order chi connectivity index (χ1) is 37.9. The molecule has 0 saturated heterocycles. The summed E-state index contributed by atoms with van der Waals surface area (Å²) < 4.78 is 254. The van der Waals surface area contributed by atoms with E-state index in [1.165, 1.54) is 6.92 Å². The molecule has 11 aromatic rings. The number of hydrogen-bond donors (Lipinski definition) is 0. The van der Waals surface area contributed by atoms with Gasteiger partial charge in [-0.25, -0.2) is 9.97 Å². The Hall–Kier alpha value is -7.04. The third kappa shape index (κ3) is 4.62. The predicted octanol–water partition coefficient (Wildman–Crippen LogP) is 12.6. The Balaban J connectivity index is 1.40. The largest absolute Gasteiger partial charge is 0.309 e. The lowest BCUT2D eigenvalue weighted by atomic mass is 9.99. The van der Waals surface area contributed by atoms with Crippen LogP contribution in [0.15, 0.2) is 175 Å². The molecule has 0 radical (unpaired) electrons. The van der Waals surface area contributed by atoms with Crippen molar-refractivity contribution < 1.29 is 38.4 Å². The lowest BCUT2D eigenvalue weighted by Gasteiger charge is -2.14. The Morgan fingerprint density at radius 3 is 1.77 bits per heavy atom. The first kappa shape index (κ1) is 13.2. The van der Waals surface area contributed by atoms with E-state index in [0.717, 1.165) is 15.2 Å². The summed E-state index contributed by atoms with van der Waals surface area (Å²) in [6, 6.07) is -21.8. The van der Waals surface area contributed by atoms with Crippen LogP contribution in [0.2, 0.25) is 0 Å². The van der Waals surface area contributed by atoms with Crippen molar-refractivity contribution in [2.75, 3.05) is 0 Å². The second-order valence-electron chi connectivity index (χ2n) is 11.7. The topological polar surface area (TPSA) is 35.6 Å². The maximum absolute atomic E-state index is 10.0. The van der Waals surface area contributed by atoms with Crippen LogP contribution in [0.3, 0.4) is 0 Å². The summed E-state index contributed by atoms with van der Waals surface area (Å²) in [5.41, 5.74) is -6.46. The highest BCUT2D eigenvalue weighted by Gasteiger charge is 2.20. The molecule has 53 heavy (non-hydrogen) atoms. The number of para-hydroxylation sites is 3. The highest BCUT2D eigenvalue weighted by atomic mass is 15.2. The molecule has 0 N–H and O–H groups in total. The number of fused-ring (bicyclic) bond motifs is 8. The van der Waals surface area contributed by atoms with Gasteiger partial charge < -0.3 is 4.57 Å². The first-order valence-corrected chi connectivity index (χ1v) is 15.8. The fraction of sp³-hybridized carbons (Fsp3) is 0.0204. The van der Waals surface area contributed by atoms with Crippen LogP contribution >= 0.6 is 0 Å². The first-order valence-electron chi connectivity index (χ1n) is 29.8. The van der Waals surface area contributed by atoms with Crippen LogP contribution < -0.4 is 0 Å². The highest BCUT2D eigenvalue weighted by Crippen LogP contribution is 2.38. The van der Waals surface area contributed by atoms with Crippen molar-refractivity contribution in [1.29, 1.82) is 0 Å². The average Bonchev–Trinajstić information content (AvgIpc) is 1.98. The Morgan fingerprint density at radius 1 is 0.434 bits per heavy atom. The van der Waals surface area contributed by atoms with Gasteiger partial charge in [0.05, 0.1) is 71.7 Å². The molecule has 0 amide bonds. The van der Waals surface area contributed by atoms with Gasteiger partial charge in [0, 0.05) is 38.2 Å². The highest BCUT2D eigenvalue weighted by molar-refractivity contribution is 6.12. The quantitative estimate of drug-likeness (QED) is 0.183. The summed E-state index contributed by atoms with van der Waals surface area (Å²) in [7, 11) is 0. The van der Waals surface area contributed by atoms with Crippen LogP contribution in [-0.4, -0.2) is 19.1 Å². The van der Waals surface area contributed by atoms with Crippen LogP contribution in [0, 0.1) is 6.92 Å². The lowest BCUT2D eigenvalue weighted by molar-refractivity contribution is 1.01. The molecule has 0 fully saturated rings. The SMILES string of the molecule is [2H]c1c([2H])c(-c2c([2H])c([2H])c3c(-c4cc([2H])c5c([2H])c([2H])c([2H])c([2H])c5c4[2H])nc(-n4c5c([2H])c([2H])c([2H])c([2H])c5c5c([2H])c(-n6c7c([2H])c([2H])c([2H])c([2H])c7c7c([2H])c([2H])c([2H])c([2H])c76)c([2H])c([2H])c54)nc3c2[2H])c([2H])c([2H])c1C. The van der Waals surface area contributed by atoms with Gasteiger partial charge in [-0.3, -0.25) is 4.57 Å².